The van der Waals surface area contributed by atoms with Crippen LogP contribution in [0.4, 0.5) is 0 Å². The lowest BCUT2D eigenvalue weighted by Gasteiger charge is -2.17. The smallest absolute Gasteiger partial charge is 0.225 e. The molecule has 1 amide bonds. The van der Waals surface area contributed by atoms with Gasteiger partial charge in [-0.25, -0.2) is 4.98 Å². The molecule has 0 saturated heterocycles. The molecule has 4 nitrogen and oxygen atoms in total. The van der Waals surface area contributed by atoms with Crippen molar-refractivity contribution in [1.82, 2.24) is 14.9 Å². The molecule has 1 aromatic heterocycles. The lowest BCUT2D eigenvalue weighted by Crippen LogP contribution is -2.35. The predicted octanol–water partition coefficient (Wildman–Crippen LogP) is 5.79. The average molecular weight is 422 g/mol. The number of carbonyl (C=O) groups excluding carboxylic acids is 1. The molecule has 0 aliphatic rings. The Hall–Kier alpha value is -2.53. The van der Waals surface area contributed by atoms with E-state index in [1.165, 1.54) is 5.56 Å². The lowest BCUT2D eigenvalue weighted by molar-refractivity contribution is -0.128. The minimum Gasteiger partial charge on any atom is -0.356 e. The van der Waals surface area contributed by atoms with Crippen molar-refractivity contribution in [2.24, 2.45) is 12.5 Å². The van der Waals surface area contributed by atoms with E-state index in [0.717, 1.165) is 47.2 Å². The Bertz CT molecular complexity index is 959. The molecule has 0 spiro atoms. The van der Waals surface area contributed by atoms with Gasteiger partial charge in [0, 0.05) is 35.9 Å². The maximum absolute atomic E-state index is 11.9. The van der Waals surface area contributed by atoms with Gasteiger partial charge in [0.15, 0.2) is 5.16 Å². The van der Waals surface area contributed by atoms with E-state index in [0.29, 0.717) is 0 Å². The molecular weight excluding hydrogens is 390 g/mol. The number of hydrogen-bond acceptors (Lipinski definition) is 3. The fourth-order valence-corrected chi connectivity index (χ4v) is 4.16. The van der Waals surface area contributed by atoms with Gasteiger partial charge in [-0.3, -0.25) is 4.79 Å². The minimum absolute atomic E-state index is 0.110. The van der Waals surface area contributed by atoms with E-state index in [1.54, 1.807) is 11.8 Å². The number of aromatic nitrogens is 2. The van der Waals surface area contributed by atoms with Crippen LogP contribution in [0.2, 0.25) is 0 Å². The van der Waals surface area contributed by atoms with Gasteiger partial charge in [-0.2, -0.15) is 0 Å². The maximum Gasteiger partial charge on any atom is 0.225 e. The zero-order chi connectivity index (χ0) is 21.6. The Labute approximate surface area is 184 Å². The molecule has 3 rings (SSSR count). The number of nitrogens with one attached hydrogen (secondary N) is 1. The Morgan fingerprint density at radius 2 is 1.57 bits per heavy atom. The van der Waals surface area contributed by atoms with Crippen LogP contribution in [0.5, 0.6) is 0 Å². The maximum atomic E-state index is 11.9. The van der Waals surface area contributed by atoms with Crippen LogP contribution in [-0.4, -0.2) is 27.8 Å². The number of unbranched alkanes of at least 4 members (excludes halogenated alkanes) is 1. The summed E-state index contributed by atoms with van der Waals surface area (Å²) in [4.78, 5) is 16.9. The van der Waals surface area contributed by atoms with E-state index in [4.69, 9.17) is 4.98 Å². The first kappa shape index (κ1) is 22.2. The summed E-state index contributed by atoms with van der Waals surface area (Å²) in [5.74, 6) is 1.08. The fraction of sp³-hybridized carbons (Fsp3) is 0.360. The third kappa shape index (κ3) is 5.54. The molecule has 158 valence electrons. The summed E-state index contributed by atoms with van der Waals surface area (Å²) in [5.41, 5.74) is 4.13. The van der Waals surface area contributed by atoms with Gasteiger partial charge in [-0.05, 0) is 12.8 Å². The van der Waals surface area contributed by atoms with E-state index in [1.807, 2.05) is 32.9 Å². The topological polar surface area (TPSA) is 46.9 Å². The number of rotatable bonds is 8. The molecule has 0 radical (unpaired) electrons. The molecule has 3 aromatic rings. The van der Waals surface area contributed by atoms with Crippen molar-refractivity contribution >= 4 is 17.7 Å². The van der Waals surface area contributed by atoms with Crippen molar-refractivity contribution in [3.05, 3.63) is 60.7 Å². The summed E-state index contributed by atoms with van der Waals surface area (Å²) >= 11 is 1.77. The molecule has 2 aromatic carbocycles. The van der Waals surface area contributed by atoms with Crippen molar-refractivity contribution < 1.29 is 4.79 Å². The second-order valence-electron chi connectivity index (χ2n) is 8.44. The van der Waals surface area contributed by atoms with Gasteiger partial charge in [0.05, 0.1) is 11.4 Å². The zero-order valence-corrected chi connectivity index (χ0v) is 19.1. The van der Waals surface area contributed by atoms with Crippen LogP contribution in [0, 0.1) is 5.41 Å². The van der Waals surface area contributed by atoms with Crippen LogP contribution in [0.1, 0.15) is 33.6 Å². The van der Waals surface area contributed by atoms with E-state index in [9.17, 15) is 4.79 Å². The molecule has 0 saturated carbocycles. The molecule has 1 N–H and O–H groups in total. The number of carbonyl (C=O) groups is 1. The standard InChI is InChI=1S/C25H31N3OS/c1-25(2,3)23(29)26-17-11-12-18-30-24-27-21(19-13-7-5-8-14-19)22(28(24)4)20-15-9-6-10-16-20/h5-10,13-16H,11-12,17-18H2,1-4H3,(H,26,29). The van der Waals surface area contributed by atoms with Crippen molar-refractivity contribution in [3.8, 4) is 22.5 Å². The molecule has 30 heavy (non-hydrogen) atoms. The number of benzene rings is 2. The third-order valence-electron chi connectivity index (χ3n) is 4.92. The van der Waals surface area contributed by atoms with Gasteiger partial charge in [-0.1, -0.05) is 93.2 Å². The highest BCUT2D eigenvalue weighted by Gasteiger charge is 2.20. The van der Waals surface area contributed by atoms with Crippen molar-refractivity contribution in [3.63, 3.8) is 0 Å². The van der Waals surface area contributed by atoms with Crippen LogP contribution in [0.15, 0.2) is 65.8 Å². The van der Waals surface area contributed by atoms with Gasteiger partial charge in [-0.15, -0.1) is 0 Å². The number of nitrogens with zero attached hydrogens (tertiary/aromatic N) is 2. The van der Waals surface area contributed by atoms with Crippen LogP contribution >= 0.6 is 11.8 Å². The molecule has 0 aliphatic heterocycles. The monoisotopic (exact) mass is 421 g/mol. The first-order chi connectivity index (χ1) is 14.4. The summed E-state index contributed by atoms with van der Waals surface area (Å²) in [6, 6.07) is 20.8. The lowest BCUT2D eigenvalue weighted by atomic mass is 9.96. The summed E-state index contributed by atoms with van der Waals surface area (Å²) in [6.45, 7) is 6.54. The van der Waals surface area contributed by atoms with Crippen LogP contribution < -0.4 is 5.32 Å². The Balaban J connectivity index is 1.68. The zero-order valence-electron chi connectivity index (χ0n) is 18.3. The number of thioether (sulfide) groups is 1. The van der Waals surface area contributed by atoms with Gasteiger partial charge < -0.3 is 9.88 Å². The van der Waals surface area contributed by atoms with E-state index in [-0.39, 0.29) is 11.3 Å². The minimum atomic E-state index is -0.330. The third-order valence-corrected chi connectivity index (χ3v) is 6.03. The summed E-state index contributed by atoms with van der Waals surface area (Å²) in [5, 5.41) is 4.04. The summed E-state index contributed by atoms with van der Waals surface area (Å²) < 4.78 is 2.20. The van der Waals surface area contributed by atoms with Crippen molar-refractivity contribution in [1.29, 1.82) is 0 Å². The van der Waals surface area contributed by atoms with Crippen LogP contribution in [0.3, 0.4) is 0 Å². The Kier molecular flexibility index (Phi) is 7.38. The highest BCUT2D eigenvalue weighted by atomic mass is 32.2. The highest BCUT2D eigenvalue weighted by Crippen LogP contribution is 2.35. The van der Waals surface area contributed by atoms with Crippen molar-refractivity contribution in [2.75, 3.05) is 12.3 Å². The summed E-state index contributed by atoms with van der Waals surface area (Å²) in [6.07, 6.45) is 2.00. The molecule has 1 heterocycles. The molecule has 0 aliphatic carbocycles. The van der Waals surface area contributed by atoms with Gasteiger partial charge in [0.1, 0.15) is 0 Å². The second-order valence-corrected chi connectivity index (χ2v) is 9.51. The first-order valence-corrected chi connectivity index (χ1v) is 11.4. The molecule has 5 heteroatoms. The Morgan fingerprint density at radius 1 is 0.967 bits per heavy atom. The summed E-state index contributed by atoms with van der Waals surface area (Å²) in [7, 11) is 2.09. The largest absolute Gasteiger partial charge is 0.356 e. The molecular formula is C25H31N3OS. The second kappa shape index (κ2) is 9.98. The molecule has 0 bridgehead atoms. The van der Waals surface area contributed by atoms with Gasteiger partial charge in [0.25, 0.3) is 0 Å². The SMILES string of the molecule is Cn1c(SCCCCNC(=O)C(C)(C)C)nc(-c2ccccc2)c1-c1ccccc1. The van der Waals surface area contributed by atoms with E-state index >= 15 is 0 Å². The van der Waals surface area contributed by atoms with Gasteiger partial charge >= 0.3 is 0 Å². The van der Waals surface area contributed by atoms with Gasteiger partial charge in [0.2, 0.25) is 5.91 Å². The van der Waals surface area contributed by atoms with E-state index < -0.39 is 0 Å². The van der Waals surface area contributed by atoms with Crippen molar-refractivity contribution in [2.45, 2.75) is 38.8 Å². The van der Waals surface area contributed by atoms with Crippen LogP contribution in [0.25, 0.3) is 22.5 Å². The predicted molar refractivity (Wildman–Crippen MR) is 127 cm³/mol. The van der Waals surface area contributed by atoms with E-state index in [2.05, 4.69) is 65.5 Å². The van der Waals surface area contributed by atoms with Crippen LogP contribution in [-0.2, 0) is 11.8 Å². The molecule has 0 fully saturated rings. The quantitative estimate of drug-likeness (QED) is 0.370. The first-order valence-electron chi connectivity index (χ1n) is 10.5. The average Bonchev–Trinajstić information content (AvgIpc) is 3.07. The number of hydrogen-bond donors (Lipinski definition) is 1. The molecule has 0 unspecified atom stereocenters. The highest BCUT2D eigenvalue weighted by molar-refractivity contribution is 7.99. The molecule has 0 atom stereocenters. The Morgan fingerprint density at radius 3 is 2.17 bits per heavy atom. The number of imidazole rings is 1. The fourth-order valence-electron chi connectivity index (χ4n) is 3.19. The normalized spacial score (nSPS) is 11.5. The number of amides is 1.